The van der Waals surface area contributed by atoms with Gasteiger partial charge in [-0.05, 0) is 45.1 Å². The quantitative estimate of drug-likeness (QED) is 0.562. The molecule has 0 spiro atoms. The summed E-state index contributed by atoms with van der Waals surface area (Å²) in [5.41, 5.74) is 5.40. The van der Waals surface area contributed by atoms with Crippen LogP contribution in [0.3, 0.4) is 0 Å². The maximum absolute atomic E-state index is 7.30. The Labute approximate surface area is 110 Å². The number of amidine groups is 1. The van der Waals surface area contributed by atoms with Crippen LogP contribution in [0.2, 0.25) is 0 Å². The van der Waals surface area contributed by atoms with Crippen molar-refractivity contribution in [2.24, 2.45) is 11.7 Å². The summed E-state index contributed by atoms with van der Waals surface area (Å²) in [6.07, 6.45) is 8.16. The molecule has 2 rings (SSSR count). The van der Waals surface area contributed by atoms with Crippen molar-refractivity contribution in [3.05, 3.63) is 0 Å². The molecule has 3 N–H and O–H groups in total. The van der Waals surface area contributed by atoms with Gasteiger partial charge in [-0.25, -0.2) is 0 Å². The Hall–Kier alpha value is -0.610. The highest BCUT2D eigenvalue weighted by atomic mass is 16.5. The molecule has 2 atom stereocenters. The average Bonchev–Trinajstić information content (AvgIpc) is 2.98. The second-order valence-corrected chi connectivity index (χ2v) is 5.76. The third-order valence-electron chi connectivity index (χ3n) is 4.54. The monoisotopic (exact) mass is 253 g/mol. The molecule has 2 aliphatic rings. The maximum atomic E-state index is 7.30. The summed E-state index contributed by atoms with van der Waals surface area (Å²) in [5, 5.41) is 7.30. The Morgan fingerprint density at radius 1 is 1.33 bits per heavy atom. The van der Waals surface area contributed by atoms with E-state index in [1.54, 1.807) is 0 Å². The molecule has 1 saturated heterocycles. The molecule has 2 fully saturated rings. The van der Waals surface area contributed by atoms with Gasteiger partial charge in [-0.3, -0.25) is 10.3 Å². The van der Waals surface area contributed by atoms with Gasteiger partial charge in [0, 0.05) is 12.6 Å². The Bertz CT molecular complexity index is 276. The van der Waals surface area contributed by atoms with Crippen LogP contribution in [0.4, 0.5) is 0 Å². The molecular weight excluding hydrogens is 226 g/mol. The topological polar surface area (TPSA) is 62.3 Å². The molecular formula is C14H27N3O. The summed E-state index contributed by atoms with van der Waals surface area (Å²) in [6, 6.07) is 0.795. The molecule has 104 valence electrons. The van der Waals surface area contributed by atoms with Crippen LogP contribution in [0.1, 0.15) is 45.4 Å². The zero-order valence-corrected chi connectivity index (χ0v) is 11.5. The molecule has 1 aliphatic carbocycles. The summed E-state index contributed by atoms with van der Waals surface area (Å²) in [4.78, 5) is 2.60. The van der Waals surface area contributed by atoms with Gasteiger partial charge in [0.1, 0.15) is 11.9 Å². The van der Waals surface area contributed by atoms with E-state index >= 15 is 0 Å². The first kappa shape index (κ1) is 13.8. The van der Waals surface area contributed by atoms with Crippen LogP contribution in [0.5, 0.6) is 0 Å². The van der Waals surface area contributed by atoms with E-state index in [0.29, 0.717) is 6.61 Å². The van der Waals surface area contributed by atoms with E-state index in [-0.39, 0.29) is 11.9 Å². The second-order valence-electron chi connectivity index (χ2n) is 5.76. The predicted molar refractivity (Wildman–Crippen MR) is 73.9 cm³/mol. The number of ether oxygens (including phenoxy) is 1. The summed E-state index contributed by atoms with van der Waals surface area (Å²) >= 11 is 0. The highest BCUT2D eigenvalue weighted by Gasteiger charge is 2.32. The van der Waals surface area contributed by atoms with Crippen LogP contribution in [0.25, 0.3) is 0 Å². The Morgan fingerprint density at radius 2 is 2.06 bits per heavy atom. The minimum absolute atomic E-state index is 0.128. The fourth-order valence-electron chi connectivity index (χ4n) is 3.44. The molecule has 0 aromatic heterocycles. The lowest BCUT2D eigenvalue weighted by molar-refractivity contribution is 0.0714. The van der Waals surface area contributed by atoms with E-state index in [4.69, 9.17) is 15.9 Å². The maximum Gasteiger partial charge on any atom is 0.120 e. The van der Waals surface area contributed by atoms with E-state index < -0.39 is 0 Å². The summed E-state index contributed by atoms with van der Waals surface area (Å²) in [6.45, 7) is 4.77. The molecule has 2 unspecified atom stereocenters. The number of nitrogens with one attached hydrogen (secondary N) is 1. The van der Waals surface area contributed by atoms with Crippen LogP contribution in [-0.4, -0.2) is 42.6 Å². The zero-order valence-electron chi connectivity index (χ0n) is 11.5. The van der Waals surface area contributed by atoms with E-state index in [9.17, 15) is 0 Å². The van der Waals surface area contributed by atoms with Crippen molar-refractivity contribution in [1.82, 2.24) is 4.90 Å². The van der Waals surface area contributed by atoms with Gasteiger partial charge in [-0.15, -0.1) is 0 Å². The van der Waals surface area contributed by atoms with Gasteiger partial charge in [0.15, 0.2) is 0 Å². The van der Waals surface area contributed by atoms with Gasteiger partial charge in [-0.2, -0.15) is 0 Å². The van der Waals surface area contributed by atoms with Crippen LogP contribution < -0.4 is 5.73 Å². The van der Waals surface area contributed by atoms with Gasteiger partial charge >= 0.3 is 0 Å². The van der Waals surface area contributed by atoms with Gasteiger partial charge in [0.25, 0.3) is 0 Å². The van der Waals surface area contributed by atoms with Crippen LogP contribution in [0, 0.1) is 11.3 Å². The standard InChI is InChI=1S/C14H27N3O/c1-11(14(15)16)18-10-9-17-8-4-7-13(17)12-5-2-3-6-12/h11-13H,2-10H2,1H3,(H3,15,16). The molecule has 1 heterocycles. The van der Waals surface area contributed by atoms with E-state index in [0.717, 1.165) is 18.5 Å². The minimum atomic E-state index is -0.238. The molecule has 0 aromatic rings. The van der Waals surface area contributed by atoms with E-state index in [1.165, 1.54) is 45.1 Å². The fourth-order valence-corrected chi connectivity index (χ4v) is 3.44. The highest BCUT2D eigenvalue weighted by Crippen LogP contribution is 2.35. The molecule has 0 radical (unpaired) electrons. The van der Waals surface area contributed by atoms with Gasteiger partial charge in [-0.1, -0.05) is 12.8 Å². The summed E-state index contributed by atoms with van der Waals surface area (Å²) in [7, 11) is 0. The van der Waals surface area contributed by atoms with Crippen LogP contribution in [-0.2, 0) is 4.74 Å². The van der Waals surface area contributed by atoms with Crippen molar-refractivity contribution in [3.63, 3.8) is 0 Å². The Morgan fingerprint density at radius 3 is 2.72 bits per heavy atom. The SMILES string of the molecule is CC(OCCN1CCCC1C1CCCC1)C(=N)N. The van der Waals surface area contributed by atoms with Gasteiger partial charge < -0.3 is 10.5 Å². The molecule has 1 aliphatic heterocycles. The van der Waals surface area contributed by atoms with Gasteiger partial charge in [0.2, 0.25) is 0 Å². The Kier molecular flexibility index (Phi) is 5.01. The van der Waals surface area contributed by atoms with E-state index in [1.807, 2.05) is 6.92 Å². The largest absolute Gasteiger partial charge is 0.385 e. The molecule has 18 heavy (non-hydrogen) atoms. The lowest BCUT2D eigenvalue weighted by Crippen LogP contribution is -2.38. The Balaban J connectivity index is 1.72. The number of likely N-dealkylation sites (tertiary alicyclic amines) is 1. The first-order chi connectivity index (χ1) is 8.68. The van der Waals surface area contributed by atoms with E-state index in [2.05, 4.69) is 4.90 Å². The number of nitrogens with two attached hydrogens (primary N) is 1. The third kappa shape index (κ3) is 3.45. The summed E-state index contributed by atoms with van der Waals surface area (Å²) in [5.74, 6) is 1.06. The fraction of sp³-hybridized carbons (Fsp3) is 0.929. The van der Waals surface area contributed by atoms with Crippen molar-refractivity contribution in [2.75, 3.05) is 19.7 Å². The lowest BCUT2D eigenvalue weighted by atomic mass is 9.96. The predicted octanol–water partition coefficient (Wildman–Crippen LogP) is 1.98. The summed E-state index contributed by atoms with van der Waals surface area (Å²) < 4.78 is 5.59. The number of nitrogens with zero attached hydrogens (tertiary/aromatic N) is 1. The molecule has 0 bridgehead atoms. The van der Waals surface area contributed by atoms with Crippen molar-refractivity contribution in [3.8, 4) is 0 Å². The second kappa shape index (κ2) is 6.53. The van der Waals surface area contributed by atoms with Crippen molar-refractivity contribution < 1.29 is 4.74 Å². The zero-order chi connectivity index (χ0) is 13.0. The molecule has 0 aromatic carbocycles. The molecule has 4 nitrogen and oxygen atoms in total. The lowest BCUT2D eigenvalue weighted by Gasteiger charge is -2.29. The number of rotatable bonds is 6. The molecule has 0 amide bonds. The normalized spacial score (nSPS) is 27.7. The van der Waals surface area contributed by atoms with Gasteiger partial charge in [0.05, 0.1) is 6.61 Å². The van der Waals surface area contributed by atoms with Crippen molar-refractivity contribution in [2.45, 2.75) is 57.6 Å². The first-order valence-electron chi connectivity index (χ1n) is 7.38. The van der Waals surface area contributed by atoms with Crippen LogP contribution in [0.15, 0.2) is 0 Å². The smallest absolute Gasteiger partial charge is 0.120 e. The van der Waals surface area contributed by atoms with Crippen LogP contribution >= 0.6 is 0 Å². The highest BCUT2D eigenvalue weighted by molar-refractivity contribution is 5.81. The average molecular weight is 253 g/mol. The third-order valence-corrected chi connectivity index (χ3v) is 4.54. The number of hydrogen-bond donors (Lipinski definition) is 2. The minimum Gasteiger partial charge on any atom is -0.385 e. The first-order valence-corrected chi connectivity index (χ1v) is 7.38. The molecule has 4 heteroatoms. The van der Waals surface area contributed by atoms with Crippen molar-refractivity contribution >= 4 is 5.84 Å². The molecule has 1 saturated carbocycles. The van der Waals surface area contributed by atoms with Crippen molar-refractivity contribution in [1.29, 1.82) is 5.41 Å². The number of hydrogen-bond acceptors (Lipinski definition) is 3.